The van der Waals surface area contributed by atoms with E-state index in [1.54, 1.807) is 6.20 Å². The van der Waals surface area contributed by atoms with E-state index in [4.69, 9.17) is 5.73 Å². The van der Waals surface area contributed by atoms with Crippen molar-refractivity contribution in [1.82, 2.24) is 15.2 Å². The Kier molecular flexibility index (Phi) is 3.76. The Bertz CT molecular complexity index is 257. The number of hydrogen-bond donors (Lipinski definition) is 2. The van der Waals surface area contributed by atoms with Crippen molar-refractivity contribution in [3.63, 3.8) is 0 Å². The summed E-state index contributed by atoms with van der Waals surface area (Å²) < 4.78 is 0. The van der Waals surface area contributed by atoms with Crippen LogP contribution in [-0.4, -0.2) is 27.3 Å². The van der Waals surface area contributed by atoms with Crippen molar-refractivity contribution in [3.05, 3.63) is 12.5 Å². The molecule has 0 atom stereocenters. The van der Waals surface area contributed by atoms with Crippen LogP contribution in [0.25, 0.3) is 0 Å². The van der Waals surface area contributed by atoms with Crippen LogP contribution in [0.4, 0.5) is 5.82 Å². The first kappa shape index (κ1) is 10.8. The molecular weight excluding hydrogens is 178 g/mol. The summed E-state index contributed by atoms with van der Waals surface area (Å²) in [4.78, 5) is 3.86. The molecule has 0 unspecified atom stereocenters. The third-order valence-electron chi connectivity index (χ3n) is 2.51. The summed E-state index contributed by atoms with van der Waals surface area (Å²) in [6.07, 6.45) is 4.91. The number of aromatic nitrogens is 3. The van der Waals surface area contributed by atoms with Gasteiger partial charge < -0.3 is 11.1 Å². The quantitative estimate of drug-likeness (QED) is 0.726. The van der Waals surface area contributed by atoms with Crippen LogP contribution in [0.15, 0.2) is 12.5 Å². The van der Waals surface area contributed by atoms with Gasteiger partial charge in [-0.3, -0.25) is 0 Å². The highest BCUT2D eigenvalue weighted by Crippen LogP contribution is 2.11. The average molecular weight is 195 g/mol. The highest BCUT2D eigenvalue weighted by molar-refractivity contribution is 5.29. The molecule has 0 aliphatic rings. The Morgan fingerprint density at radius 3 is 2.64 bits per heavy atom. The van der Waals surface area contributed by atoms with Crippen molar-refractivity contribution in [2.45, 2.75) is 32.2 Å². The van der Waals surface area contributed by atoms with Crippen molar-refractivity contribution in [2.24, 2.45) is 5.73 Å². The molecule has 0 saturated heterocycles. The van der Waals surface area contributed by atoms with Crippen LogP contribution in [0.3, 0.4) is 0 Å². The van der Waals surface area contributed by atoms with Gasteiger partial charge in [-0.1, -0.05) is 13.8 Å². The number of hydrogen-bond acceptors (Lipinski definition) is 5. The van der Waals surface area contributed by atoms with Crippen LogP contribution in [-0.2, 0) is 0 Å². The molecule has 0 fully saturated rings. The van der Waals surface area contributed by atoms with E-state index in [0.29, 0.717) is 12.4 Å². The standard InChI is InChI=1S/C9H17N5/c1-3-9(10,4-2)6-12-8-5-11-7-13-14-8/h5,7H,3-4,6,10H2,1-2H3,(H,12,14). The Morgan fingerprint density at radius 2 is 2.14 bits per heavy atom. The zero-order valence-electron chi connectivity index (χ0n) is 8.70. The van der Waals surface area contributed by atoms with E-state index in [1.165, 1.54) is 6.33 Å². The molecule has 5 nitrogen and oxygen atoms in total. The molecule has 1 aromatic heterocycles. The van der Waals surface area contributed by atoms with E-state index in [-0.39, 0.29) is 5.54 Å². The molecule has 1 aromatic rings. The van der Waals surface area contributed by atoms with Crippen molar-refractivity contribution in [1.29, 1.82) is 0 Å². The maximum absolute atomic E-state index is 6.11. The molecule has 0 spiro atoms. The van der Waals surface area contributed by atoms with Crippen LogP contribution in [0.5, 0.6) is 0 Å². The first-order valence-corrected chi connectivity index (χ1v) is 4.85. The topological polar surface area (TPSA) is 76.7 Å². The van der Waals surface area contributed by atoms with Gasteiger partial charge in [-0.15, -0.1) is 10.2 Å². The summed E-state index contributed by atoms with van der Waals surface area (Å²) in [6.45, 7) is 4.86. The molecule has 0 aliphatic heterocycles. The van der Waals surface area contributed by atoms with Gasteiger partial charge in [-0.2, -0.15) is 0 Å². The summed E-state index contributed by atoms with van der Waals surface area (Å²) >= 11 is 0. The number of nitrogens with zero attached hydrogens (tertiary/aromatic N) is 3. The minimum atomic E-state index is -0.169. The molecule has 3 N–H and O–H groups in total. The lowest BCUT2D eigenvalue weighted by molar-refractivity contribution is 0.417. The van der Waals surface area contributed by atoms with Crippen LogP contribution < -0.4 is 11.1 Å². The second-order valence-corrected chi connectivity index (χ2v) is 3.42. The average Bonchev–Trinajstić information content (AvgIpc) is 2.27. The van der Waals surface area contributed by atoms with Gasteiger partial charge in [0.2, 0.25) is 0 Å². The Hall–Kier alpha value is -1.23. The van der Waals surface area contributed by atoms with Crippen LogP contribution in [0.2, 0.25) is 0 Å². The second kappa shape index (κ2) is 4.85. The number of anilines is 1. The van der Waals surface area contributed by atoms with Crippen LogP contribution in [0.1, 0.15) is 26.7 Å². The molecule has 0 saturated carbocycles. The molecule has 14 heavy (non-hydrogen) atoms. The molecular formula is C9H17N5. The fourth-order valence-corrected chi connectivity index (χ4v) is 1.10. The van der Waals surface area contributed by atoms with Gasteiger partial charge in [0.05, 0.1) is 6.20 Å². The summed E-state index contributed by atoms with van der Waals surface area (Å²) in [6, 6.07) is 0. The van der Waals surface area contributed by atoms with Crippen LogP contribution in [0, 0.1) is 0 Å². The molecule has 1 heterocycles. The maximum Gasteiger partial charge on any atom is 0.167 e. The first-order valence-electron chi connectivity index (χ1n) is 4.85. The largest absolute Gasteiger partial charge is 0.365 e. The van der Waals surface area contributed by atoms with Crippen LogP contribution >= 0.6 is 0 Å². The van der Waals surface area contributed by atoms with E-state index in [2.05, 4.69) is 34.3 Å². The summed E-state index contributed by atoms with van der Waals surface area (Å²) in [5.74, 6) is 0.671. The lowest BCUT2D eigenvalue weighted by Crippen LogP contribution is -2.45. The Morgan fingerprint density at radius 1 is 1.43 bits per heavy atom. The van der Waals surface area contributed by atoms with Crippen molar-refractivity contribution >= 4 is 5.82 Å². The van der Waals surface area contributed by atoms with E-state index in [1.807, 2.05) is 0 Å². The molecule has 0 radical (unpaired) electrons. The van der Waals surface area contributed by atoms with Gasteiger partial charge in [0.25, 0.3) is 0 Å². The minimum Gasteiger partial charge on any atom is -0.365 e. The Labute approximate surface area is 84.1 Å². The third-order valence-corrected chi connectivity index (χ3v) is 2.51. The zero-order valence-corrected chi connectivity index (χ0v) is 8.70. The second-order valence-electron chi connectivity index (χ2n) is 3.42. The molecule has 5 heteroatoms. The maximum atomic E-state index is 6.11. The zero-order chi connectivity index (χ0) is 10.4. The van der Waals surface area contributed by atoms with Gasteiger partial charge in [-0.05, 0) is 12.8 Å². The van der Waals surface area contributed by atoms with E-state index in [9.17, 15) is 0 Å². The van der Waals surface area contributed by atoms with E-state index >= 15 is 0 Å². The fraction of sp³-hybridized carbons (Fsp3) is 0.667. The van der Waals surface area contributed by atoms with Gasteiger partial charge in [0.1, 0.15) is 6.33 Å². The number of nitrogens with two attached hydrogens (primary N) is 1. The summed E-state index contributed by atoms with van der Waals surface area (Å²) in [7, 11) is 0. The Balaban J connectivity index is 2.48. The SMILES string of the molecule is CCC(N)(CC)CNc1cncnn1. The van der Waals surface area contributed by atoms with E-state index < -0.39 is 0 Å². The highest BCUT2D eigenvalue weighted by atomic mass is 15.2. The predicted octanol–water partition coefficient (Wildman–Crippen LogP) is 0.801. The molecule has 78 valence electrons. The predicted molar refractivity (Wildman–Crippen MR) is 55.8 cm³/mol. The minimum absolute atomic E-state index is 0.169. The third kappa shape index (κ3) is 2.92. The monoisotopic (exact) mass is 195 g/mol. The molecule has 0 amide bonds. The smallest absolute Gasteiger partial charge is 0.167 e. The lowest BCUT2D eigenvalue weighted by atomic mass is 9.94. The summed E-state index contributed by atoms with van der Waals surface area (Å²) in [5, 5.41) is 10.7. The number of nitrogens with one attached hydrogen (secondary N) is 1. The summed E-state index contributed by atoms with van der Waals surface area (Å²) in [5.41, 5.74) is 5.94. The fourth-order valence-electron chi connectivity index (χ4n) is 1.10. The van der Waals surface area contributed by atoms with Gasteiger partial charge in [0.15, 0.2) is 5.82 Å². The van der Waals surface area contributed by atoms with E-state index in [0.717, 1.165) is 12.8 Å². The number of rotatable bonds is 5. The first-order chi connectivity index (χ1) is 6.70. The van der Waals surface area contributed by atoms with Crippen molar-refractivity contribution < 1.29 is 0 Å². The molecule has 1 rings (SSSR count). The molecule has 0 bridgehead atoms. The molecule has 0 aromatic carbocycles. The molecule has 0 aliphatic carbocycles. The normalized spacial score (nSPS) is 11.4. The lowest BCUT2D eigenvalue weighted by Gasteiger charge is -2.26. The van der Waals surface area contributed by atoms with Gasteiger partial charge in [0, 0.05) is 12.1 Å². The van der Waals surface area contributed by atoms with Crippen molar-refractivity contribution in [2.75, 3.05) is 11.9 Å². The van der Waals surface area contributed by atoms with Gasteiger partial charge in [-0.25, -0.2) is 4.98 Å². The highest BCUT2D eigenvalue weighted by Gasteiger charge is 2.19. The van der Waals surface area contributed by atoms with Gasteiger partial charge >= 0.3 is 0 Å². The van der Waals surface area contributed by atoms with Crippen molar-refractivity contribution in [3.8, 4) is 0 Å².